The first-order valence-corrected chi connectivity index (χ1v) is 20.4. The van der Waals surface area contributed by atoms with Gasteiger partial charge >= 0.3 is 11.9 Å². The van der Waals surface area contributed by atoms with Gasteiger partial charge in [0.1, 0.15) is 19.3 Å². The number of hydrogen-bond donors (Lipinski definition) is 2. The number of aliphatic hydroxyl groups is 2. The van der Waals surface area contributed by atoms with Crippen molar-refractivity contribution in [3.63, 3.8) is 0 Å². The summed E-state index contributed by atoms with van der Waals surface area (Å²) in [5.41, 5.74) is 0. The van der Waals surface area contributed by atoms with E-state index in [1.165, 1.54) is 96.3 Å². The number of aliphatic hydroxyl groups excluding tert-OH is 2. The third-order valence-electron chi connectivity index (χ3n) is 8.60. The van der Waals surface area contributed by atoms with Crippen LogP contribution < -0.4 is 0 Å². The average Bonchev–Trinajstić information content (AvgIpc) is 3.11. The van der Waals surface area contributed by atoms with Crippen molar-refractivity contribution in [1.29, 1.82) is 0 Å². The highest BCUT2D eigenvalue weighted by Gasteiger charge is 2.12. The largest absolute Gasteiger partial charge is 0.463 e. The molecule has 0 aliphatic rings. The van der Waals surface area contributed by atoms with E-state index in [-0.39, 0.29) is 31.6 Å². The summed E-state index contributed by atoms with van der Waals surface area (Å²) in [4.78, 5) is 23.9. The summed E-state index contributed by atoms with van der Waals surface area (Å²) >= 11 is 0. The van der Waals surface area contributed by atoms with Crippen molar-refractivity contribution < 1.29 is 29.3 Å². The molecule has 0 bridgehead atoms. The number of carbonyl (C=O) groups excluding carboxylic acids is 2. The van der Waals surface area contributed by atoms with Crippen molar-refractivity contribution in [3.8, 4) is 0 Å². The lowest BCUT2D eigenvalue weighted by Crippen LogP contribution is -2.25. The third kappa shape index (κ3) is 38.4. The van der Waals surface area contributed by atoms with Crippen molar-refractivity contribution >= 4 is 11.9 Å². The third-order valence-corrected chi connectivity index (χ3v) is 8.60. The molecular weight excluding hydrogens is 624 g/mol. The molecule has 0 heterocycles. The zero-order valence-electron chi connectivity index (χ0n) is 32.3. The first kappa shape index (κ1) is 47.6. The molecule has 0 aliphatic carbocycles. The SMILES string of the molecule is CC/C=C\C/C=C\CC(O)/C=C/C=C\C/C=C\CCCC(=O)OC[C@@H](O)COC(=O)CCCCCCCCCCCCCCCCCCCC. The van der Waals surface area contributed by atoms with Crippen LogP contribution in [-0.2, 0) is 19.1 Å². The molecule has 0 saturated heterocycles. The van der Waals surface area contributed by atoms with Gasteiger partial charge in [0, 0.05) is 12.8 Å². The smallest absolute Gasteiger partial charge is 0.305 e. The van der Waals surface area contributed by atoms with Crippen LogP contribution in [0.25, 0.3) is 0 Å². The van der Waals surface area contributed by atoms with Crippen LogP contribution in [0.2, 0.25) is 0 Å². The van der Waals surface area contributed by atoms with Crippen molar-refractivity contribution in [3.05, 3.63) is 60.8 Å². The molecular formula is C44H76O6. The Bertz CT molecular complexity index is 902. The topological polar surface area (TPSA) is 93.1 Å². The lowest BCUT2D eigenvalue weighted by molar-refractivity contribution is -0.152. The van der Waals surface area contributed by atoms with E-state index in [9.17, 15) is 19.8 Å². The zero-order valence-corrected chi connectivity index (χ0v) is 32.3. The second-order valence-electron chi connectivity index (χ2n) is 13.6. The fraction of sp³-hybridized carbons (Fsp3) is 0.727. The molecule has 0 aromatic rings. The van der Waals surface area contributed by atoms with Gasteiger partial charge in [0.25, 0.3) is 0 Å². The number of carbonyl (C=O) groups is 2. The molecule has 0 spiro atoms. The lowest BCUT2D eigenvalue weighted by Gasteiger charge is -2.12. The van der Waals surface area contributed by atoms with Crippen LogP contribution in [0.4, 0.5) is 0 Å². The standard InChI is InChI=1S/C44H76O6/c1-3-5-7-9-11-12-13-14-15-16-17-18-19-20-21-25-29-33-37-43(47)49-39-42(46)40-50-44(48)38-34-30-26-23-22-24-28-32-36-41(45)35-31-27-10-8-6-4-2/h6,8,23-24,26-28,31-32,36,41-42,45-46H,3-5,7,9-22,25,29-30,33-35,37-40H2,1-2H3/b8-6-,26-23-,28-24-,31-27-,36-32+/t41?,42-/m0/s1. The average molecular weight is 701 g/mol. The summed E-state index contributed by atoms with van der Waals surface area (Å²) in [5, 5.41) is 20.0. The first-order valence-electron chi connectivity index (χ1n) is 20.4. The molecule has 0 aliphatic heterocycles. The number of ether oxygens (including phenoxy) is 2. The molecule has 0 rings (SSSR count). The van der Waals surface area contributed by atoms with Crippen LogP contribution >= 0.6 is 0 Å². The Labute approximate surface area is 307 Å². The van der Waals surface area contributed by atoms with E-state index in [0.29, 0.717) is 19.3 Å². The van der Waals surface area contributed by atoms with Gasteiger partial charge in [-0.15, -0.1) is 0 Å². The number of esters is 2. The molecule has 0 aromatic heterocycles. The van der Waals surface area contributed by atoms with Gasteiger partial charge in [0.2, 0.25) is 0 Å². The van der Waals surface area contributed by atoms with Gasteiger partial charge in [-0.05, 0) is 44.9 Å². The van der Waals surface area contributed by atoms with Crippen LogP contribution in [-0.4, -0.2) is 47.6 Å². The number of allylic oxidation sites excluding steroid dienone is 8. The Balaban J connectivity index is 3.57. The molecule has 0 saturated carbocycles. The van der Waals surface area contributed by atoms with Gasteiger partial charge in [-0.2, -0.15) is 0 Å². The summed E-state index contributed by atoms with van der Waals surface area (Å²) in [6.45, 7) is 4.07. The van der Waals surface area contributed by atoms with E-state index in [1.54, 1.807) is 6.08 Å². The summed E-state index contributed by atoms with van der Waals surface area (Å²) in [7, 11) is 0. The number of unbranched alkanes of at least 4 members (excludes halogenated alkanes) is 18. The fourth-order valence-electron chi connectivity index (χ4n) is 5.50. The van der Waals surface area contributed by atoms with Crippen LogP contribution in [0.15, 0.2) is 60.8 Å². The predicted octanol–water partition coefficient (Wildman–Crippen LogP) is 11.8. The summed E-state index contributed by atoms with van der Waals surface area (Å²) in [5.74, 6) is -0.667. The van der Waals surface area contributed by atoms with Crippen LogP contribution in [0.5, 0.6) is 0 Å². The molecule has 0 fully saturated rings. The monoisotopic (exact) mass is 701 g/mol. The van der Waals surface area contributed by atoms with Gasteiger partial charge in [-0.1, -0.05) is 184 Å². The maximum atomic E-state index is 12.0. The predicted molar refractivity (Wildman–Crippen MR) is 211 cm³/mol. The van der Waals surface area contributed by atoms with Gasteiger partial charge in [-0.3, -0.25) is 9.59 Å². The maximum absolute atomic E-state index is 12.0. The van der Waals surface area contributed by atoms with Crippen molar-refractivity contribution in [2.75, 3.05) is 13.2 Å². The summed E-state index contributed by atoms with van der Waals surface area (Å²) in [6.07, 6.45) is 47.4. The van der Waals surface area contributed by atoms with Gasteiger partial charge in [-0.25, -0.2) is 0 Å². The Kier molecular flexibility index (Phi) is 37.4. The molecule has 6 nitrogen and oxygen atoms in total. The summed E-state index contributed by atoms with van der Waals surface area (Å²) < 4.78 is 10.3. The highest BCUT2D eigenvalue weighted by molar-refractivity contribution is 5.69. The van der Waals surface area contributed by atoms with E-state index in [2.05, 4.69) is 32.1 Å². The molecule has 1 unspecified atom stereocenters. The zero-order chi connectivity index (χ0) is 36.6. The fourth-order valence-corrected chi connectivity index (χ4v) is 5.50. The molecule has 288 valence electrons. The summed E-state index contributed by atoms with van der Waals surface area (Å²) in [6, 6.07) is 0. The van der Waals surface area contributed by atoms with Crippen molar-refractivity contribution in [2.24, 2.45) is 0 Å². The van der Waals surface area contributed by atoms with Gasteiger partial charge in [0.05, 0.1) is 6.10 Å². The van der Waals surface area contributed by atoms with E-state index < -0.39 is 12.2 Å². The Morgan fingerprint density at radius 1 is 0.520 bits per heavy atom. The second kappa shape index (κ2) is 39.3. The minimum atomic E-state index is -1.01. The van der Waals surface area contributed by atoms with Crippen LogP contribution in [0, 0.1) is 0 Å². The van der Waals surface area contributed by atoms with Crippen LogP contribution in [0.3, 0.4) is 0 Å². The van der Waals surface area contributed by atoms with Gasteiger partial charge in [0.15, 0.2) is 0 Å². The number of hydrogen-bond acceptors (Lipinski definition) is 6. The Morgan fingerprint density at radius 2 is 0.980 bits per heavy atom. The molecule has 0 amide bonds. The second-order valence-corrected chi connectivity index (χ2v) is 13.6. The van der Waals surface area contributed by atoms with E-state index in [4.69, 9.17) is 9.47 Å². The minimum Gasteiger partial charge on any atom is -0.463 e. The van der Waals surface area contributed by atoms with Gasteiger partial charge < -0.3 is 19.7 Å². The van der Waals surface area contributed by atoms with E-state index in [0.717, 1.165) is 44.9 Å². The normalized spacial score (nSPS) is 13.4. The highest BCUT2D eigenvalue weighted by Crippen LogP contribution is 2.15. The molecule has 6 heteroatoms. The molecule has 0 aromatic carbocycles. The maximum Gasteiger partial charge on any atom is 0.305 e. The molecule has 2 atom stereocenters. The van der Waals surface area contributed by atoms with E-state index >= 15 is 0 Å². The molecule has 2 N–H and O–H groups in total. The minimum absolute atomic E-state index is 0.149. The quantitative estimate of drug-likeness (QED) is 0.0292. The molecule has 50 heavy (non-hydrogen) atoms. The highest BCUT2D eigenvalue weighted by atomic mass is 16.6. The van der Waals surface area contributed by atoms with Crippen molar-refractivity contribution in [1.82, 2.24) is 0 Å². The Morgan fingerprint density at radius 3 is 1.52 bits per heavy atom. The van der Waals surface area contributed by atoms with Crippen molar-refractivity contribution in [2.45, 2.75) is 193 Å². The van der Waals surface area contributed by atoms with E-state index in [1.807, 2.05) is 36.5 Å². The Hall–Kier alpha value is -2.44. The number of rotatable bonds is 36. The molecule has 0 radical (unpaired) electrons. The lowest BCUT2D eigenvalue weighted by atomic mass is 10.0. The van der Waals surface area contributed by atoms with Crippen LogP contribution in [0.1, 0.15) is 181 Å². The first-order chi connectivity index (χ1) is 24.5.